The minimum atomic E-state index is -0.266. The molecule has 0 aromatic rings. The highest BCUT2D eigenvalue weighted by atomic mass is 16.5. The van der Waals surface area contributed by atoms with Gasteiger partial charge in [-0.3, -0.25) is 14.9 Å². The molecule has 2 atom stereocenters. The Morgan fingerprint density at radius 2 is 2.21 bits per heavy atom. The monoisotopic (exact) mass is 195 g/mol. The molecular formula is C10H13NO3. The van der Waals surface area contributed by atoms with Crippen LogP contribution in [0.2, 0.25) is 0 Å². The van der Waals surface area contributed by atoms with Crippen LogP contribution in [0.15, 0.2) is 11.6 Å². The van der Waals surface area contributed by atoms with E-state index in [1.54, 1.807) is 6.08 Å². The van der Waals surface area contributed by atoms with Crippen LogP contribution < -0.4 is 5.32 Å². The second kappa shape index (κ2) is 3.53. The Morgan fingerprint density at radius 1 is 1.43 bits per heavy atom. The van der Waals surface area contributed by atoms with Crippen molar-refractivity contribution in [3.05, 3.63) is 11.6 Å². The van der Waals surface area contributed by atoms with Crippen molar-refractivity contribution in [3.63, 3.8) is 0 Å². The Bertz CT molecular complexity index is 308. The largest absolute Gasteiger partial charge is 0.371 e. The predicted octanol–water partition coefficient (Wildman–Crippen LogP) is 0.527. The van der Waals surface area contributed by atoms with Gasteiger partial charge in [0.25, 0.3) is 5.91 Å². The molecule has 14 heavy (non-hydrogen) atoms. The SMILES string of the molecule is CC1CCC(/C=C2/CC(=O)NC2=O)O1. The number of carbonyl (C=O) groups is 2. The van der Waals surface area contributed by atoms with E-state index in [1.165, 1.54) is 0 Å². The van der Waals surface area contributed by atoms with Crippen molar-refractivity contribution in [2.75, 3.05) is 0 Å². The Labute approximate surface area is 82.3 Å². The minimum Gasteiger partial charge on any atom is -0.371 e. The Kier molecular flexibility index (Phi) is 2.37. The van der Waals surface area contributed by atoms with Crippen molar-refractivity contribution in [1.29, 1.82) is 0 Å². The molecule has 0 aromatic carbocycles. The molecule has 4 heteroatoms. The van der Waals surface area contributed by atoms with E-state index in [4.69, 9.17) is 4.74 Å². The second-order valence-electron chi connectivity index (χ2n) is 3.81. The minimum absolute atomic E-state index is 0.0108. The maximum Gasteiger partial charge on any atom is 0.254 e. The summed E-state index contributed by atoms with van der Waals surface area (Å²) < 4.78 is 5.54. The lowest BCUT2D eigenvalue weighted by Crippen LogP contribution is -2.19. The van der Waals surface area contributed by atoms with Gasteiger partial charge in [0, 0.05) is 5.57 Å². The van der Waals surface area contributed by atoms with Crippen molar-refractivity contribution >= 4 is 11.8 Å². The van der Waals surface area contributed by atoms with Crippen molar-refractivity contribution in [2.24, 2.45) is 0 Å². The van der Waals surface area contributed by atoms with E-state index < -0.39 is 0 Å². The number of hydrogen-bond donors (Lipinski definition) is 1. The van der Waals surface area contributed by atoms with Crippen molar-refractivity contribution in [2.45, 2.75) is 38.4 Å². The van der Waals surface area contributed by atoms with E-state index in [0.717, 1.165) is 12.8 Å². The number of ether oxygens (including phenoxy) is 1. The average molecular weight is 195 g/mol. The summed E-state index contributed by atoms with van der Waals surface area (Å²) in [6.45, 7) is 2.01. The first kappa shape index (κ1) is 9.40. The second-order valence-corrected chi connectivity index (χ2v) is 3.81. The van der Waals surface area contributed by atoms with Crippen LogP contribution in [0.3, 0.4) is 0 Å². The topological polar surface area (TPSA) is 55.4 Å². The quantitative estimate of drug-likeness (QED) is 0.490. The molecule has 0 aromatic heterocycles. The molecule has 0 saturated carbocycles. The van der Waals surface area contributed by atoms with Gasteiger partial charge in [0.05, 0.1) is 18.6 Å². The number of nitrogens with one attached hydrogen (secondary N) is 1. The third-order valence-electron chi connectivity index (χ3n) is 2.55. The van der Waals surface area contributed by atoms with Gasteiger partial charge in [-0.25, -0.2) is 0 Å². The lowest BCUT2D eigenvalue weighted by molar-refractivity contribution is -0.124. The zero-order chi connectivity index (χ0) is 10.1. The van der Waals surface area contributed by atoms with Crippen LogP contribution in [-0.2, 0) is 14.3 Å². The zero-order valence-corrected chi connectivity index (χ0v) is 8.08. The summed E-state index contributed by atoms with van der Waals surface area (Å²) in [5, 5.41) is 2.25. The van der Waals surface area contributed by atoms with E-state index in [9.17, 15) is 9.59 Å². The van der Waals surface area contributed by atoms with Crippen LogP contribution in [0.5, 0.6) is 0 Å². The van der Waals surface area contributed by atoms with Gasteiger partial charge in [-0.1, -0.05) is 0 Å². The molecule has 76 valence electrons. The third-order valence-corrected chi connectivity index (χ3v) is 2.55. The highest BCUT2D eigenvalue weighted by molar-refractivity contribution is 6.13. The molecule has 1 N–H and O–H groups in total. The highest BCUT2D eigenvalue weighted by Crippen LogP contribution is 2.22. The average Bonchev–Trinajstić information content (AvgIpc) is 2.61. The summed E-state index contributed by atoms with van der Waals surface area (Å²) in [5.74, 6) is -0.481. The molecule has 2 heterocycles. The van der Waals surface area contributed by atoms with Crippen LogP contribution in [0.25, 0.3) is 0 Å². The Hall–Kier alpha value is -1.16. The fourth-order valence-electron chi connectivity index (χ4n) is 1.82. The lowest BCUT2D eigenvalue weighted by atomic mass is 10.1. The molecule has 2 unspecified atom stereocenters. The third kappa shape index (κ3) is 1.85. The molecule has 2 amide bonds. The smallest absolute Gasteiger partial charge is 0.254 e. The lowest BCUT2D eigenvalue weighted by Gasteiger charge is -2.05. The van der Waals surface area contributed by atoms with Crippen LogP contribution in [0, 0.1) is 0 Å². The molecule has 0 spiro atoms. The summed E-state index contributed by atoms with van der Waals surface area (Å²) in [7, 11) is 0. The molecule has 2 fully saturated rings. The van der Waals surface area contributed by atoms with Crippen molar-refractivity contribution in [3.8, 4) is 0 Å². The summed E-state index contributed by atoms with van der Waals surface area (Å²) in [6, 6.07) is 0. The highest BCUT2D eigenvalue weighted by Gasteiger charge is 2.27. The molecule has 0 bridgehead atoms. The summed E-state index contributed by atoms with van der Waals surface area (Å²) in [4.78, 5) is 22.1. The van der Waals surface area contributed by atoms with Crippen LogP contribution in [0.4, 0.5) is 0 Å². The number of imide groups is 1. The van der Waals surface area contributed by atoms with Crippen LogP contribution >= 0.6 is 0 Å². The molecule has 2 rings (SSSR count). The predicted molar refractivity (Wildman–Crippen MR) is 49.4 cm³/mol. The van der Waals surface area contributed by atoms with Gasteiger partial charge < -0.3 is 4.74 Å². The van der Waals surface area contributed by atoms with Gasteiger partial charge in [0.1, 0.15) is 0 Å². The maximum atomic E-state index is 11.2. The number of amides is 2. The standard InChI is InChI=1S/C10H13NO3/c1-6-2-3-8(14-6)4-7-5-9(12)11-10(7)13/h4,6,8H,2-3,5H2,1H3,(H,11,12,13)/b7-4-. The van der Waals surface area contributed by atoms with Gasteiger partial charge in [-0.05, 0) is 25.8 Å². The van der Waals surface area contributed by atoms with E-state index in [0.29, 0.717) is 5.57 Å². The van der Waals surface area contributed by atoms with Crippen molar-refractivity contribution < 1.29 is 14.3 Å². The van der Waals surface area contributed by atoms with E-state index in [2.05, 4.69) is 5.32 Å². The van der Waals surface area contributed by atoms with Crippen LogP contribution in [-0.4, -0.2) is 24.0 Å². The molecule has 2 aliphatic heterocycles. The molecular weight excluding hydrogens is 182 g/mol. The molecule has 4 nitrogen and oxygen atoms in total. The van der Waals surface area contributed by atoms with E-state index in [-0.39, 0.29) is 30.4 Å². The van der Waals surface area contributed by atoms with Gasteiger partial charge in [0.15, 0.2) is 0 Å². The summed E-state index contributed by atoms with van der Waals surface area (Å²) in [5.41, 5.74) is 0.550. The Morgan fingerprint density at radius 3 is 2.71 bits per heavy atom. The first-order valence-corrected chi connectivity index (χ1v) is 4.85. The Balaban J connectivity index is 2.04. The van der Waals surface area contributed by atoms with Gasteiger partial charge in [-0.2, -0.15) is 0 Å². The van der Waals surface area contributed by atoms with E-state index >= 15 is 0 Å². The van der Waals surface area contributed by atoms with Crippen molar-refractivity contribution in [1.82, 2.24) is 5.32 Å². The molecule has 2 saturated heterocycles. The number of carbonyl (C=O) groups excluding carboxylic acids is 2. The molecule has 0 aliphatic carbocycles. The fourth-order valence-corrected chi connectivity index (χ4v) is 1.82. The first-order chi connectivity index (χ1) is 6.65. The number of hydrogen-bond acceptors (Lipinski definition) is 3. The van der Waals surface area contributed by atoms with Gasteiger partial charge >= 0.3 is 0 Å². The summed E-state index contributed by atoms with van der Waals surface area (Å²) >= 11 is 0. The van der Waals surface area contributed by atoms with Gasteiger partial charge in [0.2, 0.25) is 5.91 Å². The molecule has 2 aliphatic rings. The van der Waals surface area contributed by atoms with Gasteiger partial charge in [-0.15, -0.1) is 0 Å². The van der Waals surface area contributed by atoms with Crippen LogP contribution in [0.1, 0.15) is 26.2 Å². The van der Waals surface area contributed by atoms with E-state index in [1.807, 2.05) is 6.92 Å². The normalized spacial score (nSPS) is 35.4. The fraction of sp³-hybridized carbons (Fsp3) is 0.600. The summed E-state index contributed by atoms with van der Waals surface area (Å²) in [6.07, 6.45) is 4.21. The first-order valence-electron chi connectivity index (χ1n) is 4.85. The maximum absolute atomic E-state index is 11.2. The zero-order valence-electron chi connectivity index (χ0n) is 8.08. The number of rotatable bonds is 1. The molecule has 0 radical (unpaired) electrons.